The quantitative estimate of drug-likeness (QED) is 0.858. The van der Waals surface area contributed by atoms with Gasteiger partial charge in [0.15, 0.2) is 0 Å². The number of carbonyl (C=O) groups is 1. The van der Waals surface area contributed by atoms with E-state index in [0.717, 1.165) is 30.2 Å². The fraction of sp³-hybridized carbons (Fsp3) is 0.400. The summed E-state index contributed by atoms with van der Waals surface area (Å²) in [6.45, 7) is 1.67. The molecule has 7 heteroatoms. The lowest BCUT2D eigenvalue weighted by Gasteiger charge is -2.26. The third-order valence-corrected chi connectivity index (χ3v) is 4.68. The van der Waals surface area contributed by atoms with E-state index in [1.54, 1.807) is 12.1 Å². The number of hydrogen-bond donors (Lipinski definition) is 0. The summed E-state index contributed by atoms with van der Waals surface area (Å²) < 4.78 is 5.22. The lowest BCUT2D eigenvalue weighted by Crippen LogP contribution is -2.37. The minimum Gasteiger partial charge on any atom is -0.341 e. The van der Waals surface area contributed by atoms with Crippen molar-refractivity contribution in [2.45, 2.75) is 12.8 Å². The zero-order chi connectivity index (χ0) is 15.4. The molecule has 0 spiro atoms. The Bertz CT molecular complexity index is 638. The summed E-state index contributed by atoms with van der Waals surface area (Å²) in [5.74, 6) is 3.21. The molecule has 22 heavy (non-hydrogen) atoms. The van der Waals surface area contributed by atoms with E-state index in [2.05, 4.69) is 10.1 Å². The largest absolute Gasteiger partial charge is 0.341 e. The highest BCUT2D eigenvalue weighted by atomic mass is 35.5. The fourth-order valence-corrected chi connectivity index (χ4v) is 3.29. The van der Waals surface area contributed by atoms with Gasteiger partial charge >= 0.3 is 0 Å². The van der Waals surface area contributed by atoms with Gasteiger partial charge in [-0.1, -0.05) is 16.8 Å². The Morgan fingerprint density at radius 3 is 2.73 bits per heavy atom. The molecule has 1 aliphatic heterocycles. The Morgan fingerprint density at radius 2 is 2.00 bits per heavy atom. The van der Waals surface area contributed by atoms with E-state index in [9.17, 15) is 4.79 Å². The van der Waals surface area contributed by atoms with Gasteiger partial charge in [-0.15, -0.1) is 0 Å². The topological polar surface area (TPSA) is 59.2 Å². The van der Waals surface area contributed by atoms with E-state index in [-0.39, 0.29) is 5.91 Å². The number of halogens is 1. The summed E-state index contributed by atoms with van der Waals surface area (Å²) in [6.07, 6.45) is 0.885. The van der Waals surface area contributed by atoms with Crippen molar-refractivity contribution in [3.8, 4) is 11.4 Å². The van der Waals surface area contributed by atoms with Crippen LogP contribution in [0.15, 0.2) is 28.8 Å². The van der Waals surface area contributed by atoms with Crippen molar-refractivity contribution in [2.24, 2.45) is 0 Å². The Morgan fingerprint density at radius 1 is 1.27 bits per heavy atom. The van der Waals surface area contributed by atoms with Crippen molar-refractivity contribution in [3.63, 3.8) is 0 Å². The van der Waals surface area contributed by atoms with E-state index < -0.39 is 0 Å². The van der Waals surface area contributed by atoms with Crippen molar-refractivity contribution in [1.82, 2.24) is 15.0 Å². The number of thioether (sulfide) groups is 1. The molecule has 0 unspecified atom stereocenters. The second kappa shape index (κ2) is 7.15. The number of amides is 1. The van der Waals surface area contributed by atoms with Crippen LogP contribution in [-0.2, 0) is 11.2 Å². The van der Waals surface area contributed by atoms with E-state index in [0.29, 0.717) is 29.6 Å². The highest BCUT2D eigenvalue weighted by Gasteiger charge is 2.18. The van der Waals surface area contributed by atoms with Gasteiger partial charge in [0, 0.05) is 48.0 Å². The molecule has 0 bridgehead atoms. The molecular weight excluding hydrogens is 322 g/mol. The van der Waals surface area contributed by atoms with Crippen molar-refractivity contribution >= 4 is 29.3 Å². The van der Waals surface area contributed by atoms with Gasteiger partial charge in [0.25, 0.3) is 0 Å². The molecule has 5 nitrogen and oxygen atoms in total. The van der Waals surface area contributed by atoms with Crippen LogP contribution in [0.5, 0.6) is 0 Å². The van der Waals surface area contributed by atoms with Gasteiger partial charge in [-0.25, -0.2) is 0 Å². The van der Waals surface area contributed by atoms with E-state index >= 15 is 0 Å². The maximum Gasteiger partial charge on any atom is 0.227 e. The van der Waals surface area contributed by atoms with Crippen LogP contribution in [-0.4, -0.2) is 45.5 Å². The maximum atomic E-state index is 12.1. The molecule has 0 aliphatic carbocycles. The SMILES string of the molecule is O=C(CCc1nc(-c2ccc(Cl)cc2)no1)N1CCSCC1. The summed E-state index contributed by atoms with van der Waals surface area (Å²) in [5.41, 5.74) is 0.846. The number of nitrogens with zero attached hydrogens (tertiary/aromatic N) is 3. The number of rotatable bonds is 4. The minimum absolute atomic E-state index is 0.159. The fourth-order valence-electron chi connectivity index (χ4n) is 2.26. The first-order valence-electron chi connectivity index (χ1n) is 7.16. The Hall–Kier alpha value is -1.53. The molecule has 1 fully saturated rings. The van der Waals surface area contributed by atoms with Crippen LogP contribution in [0.1, 0.15) is 12.3 Å². The molecule has 1 amide bonds. The molecule has 116 valence electrons. The van der Waals surface area contributed by atoms with Gasteiger partial charge in [0.1, 0.15) is 0 Å². The van der Waals surface area contributed by atoms with Crippen molar-refractivity contribution in [1.29, 1.82) is 0 Å². The lowest BCUT2D eigenvalue weighted by atomic mass is 10.2. The van der Waals surface area contributed by atoms with Gasteiger partial charge in [-0.3, -0.25) is 4.79 Å². The zero-order valence-corrected chi connectivity index (χ0v) is 13.6. The van der Waals surface area contributed by atoms with Gasteiger partial charge in [-0.05, 0) is 24.3 Å². The van der Waals surface area contributed by atoms with Crippen molar-refractivity contribution < 1.29 is 9.32 Å². The lowest BCUT2D eigenvalue weighted by molar-refractivity contribution is -0.130. The van der Waals surface area contributed by atoms with Crippen LogP contribution in [0.2, 0.25) is 5.02 Å². The molecule has 0 saturated carbocycles. The summed E-state index contributed by atoms with van der Waals surface area (Å²) in [4.78, 5) is 18.3. The summed E-state index contributed by atoms with van der Waals surface area (Å²) in [6, 6.07) is 7.25. The van der Waals surface area contributed by atoms with E-state index in [4.69, 9.17) is 16.1 Å². The Balaban J connectivity index is 1.57. The van der Waals surface area contributed by atoms with Crippen LogP contribution in [0.3, 0.4) is 0 Å². The molecule has 2 aromatic rings. The average molecular weight is 338 g/mol. The minimum atomic E-state index is 0.159. The second-order valence-corrected chi connectivity index (χ2v) is 6.67. The average Bonchev–Trinajstić information content (AvgIpc) is 3.03. The highest BCUT2D eigenvalue weighted by molar-refractivity contribution is 7.99. The summed E-state index contributed by atoms with van der Waals surface area (Å²) in [5, 5.41) is 4.61. The molecule has 1 aromatic heterocycles. The van der Waals surface area contributed by atoms with Crippen LogP contribution >= 0.6 is 23.4 Å². The number of carbonyl (C=O) groups excluding carboxylic acids is 1. The molecule has 1 aliphatic rings. The molecule has 3 rings (SSSR count). The van der Waals surface area contributed by atoms with Crippen molar-refractivity contribution in [2.75, 3.05) is 24.6 Å². The Kier molecular flexibility index (Phi) is 5.00. The van der Waals surface area contributed by atoms with Gasteiger partial charge < -0.3 is 9.42 Å². The first-order chi connectivity index (χ1) is 10.7. The number of benzene rings is 1. The van der Waals surface area contributed by atoms with Gasteiger partial charge in [0.05, 0.1) is 0 Å². The summed E-state index contributed by atoms with van der Waals surface area (Å²) in [7, 11) is 0. The zero-order valence-electron chi connectivity index (χ0n) is 12.0. The van der Waals surface area contributed by atoms with Crippen molar-refractivity contribution in [3.05, 3.63) is 35.2 Å². The normalized spacial score (nSPS) is 15.0. The molecule has 0 atom stereocenters. The summed E-state index contributed by atoms with van der Waals surface area (Å²) >= 11 is 7.74. The second-order valence-electron chi connectivity index (χ2n) is 5.01. The van der Waals surface area contributed by atoms with Gasteiger partial charge in [0.2, 0.25) is 17.6 Å². The number of aromatic nitrogens is 2. The van der Waals surface area contributed by atoms with E-state index in [1.807, 2.05) is 28.8 Å². The van der Waals surface area contributed by atoms with Crippen LogP contribution in [0.4, 0.5) is 0 Å². The Labute approximate surface area is 138 Å². The first kappa shape index (κ1) is 15.4. The maximum absolute atomic E-state index is 12.1. The predicted molar refractivity (Wildman–Crippen MR) is 87.0 cm³/mol. The van der Waals surface area contributed by atoms with Gasteiger partial charge in [-0.2, -0.15) is 16.7 Å². The molecule has 0 N–H and O–H groups in total. The number of hydrogen-bond acceptors (Lipinski definition) is 5. The van der Waals surface area contributed by atoms with Crippen LogP contribution < -0.4 is 0 Å². The molecule has 1 saturated heterocycles. The third-order valence-electron chi connectivity index (χ3n) is 3.49. The highest BCUT2D eigenvalue weighted by Crippen LogP contribution is 2.19. The van der Waals surface area contributed by atoms with Crippen LogP contribution in [0, 0.1) is 0 Å². The molecule has 1 aromatic carbocycles. The smallest absolute Gasteiger partial charge is 0.227 e. The standard InChI is InChI=1S/C15H16ClN3O2S/c16-12-3-1-11(2-4-12)15-17-13(21-18-15)5-6-14(20)19-7-9-22-10-8-19/h1-4H,5-10H2. The molecular formula is C15H16ClN3O2S. The third kappa shape index (κ3) is 3.81. The first-order valence-corrected chi connectivity index (χ1v) is 8.70. The molecule has 0 radical (unpaired) electrons. The van der Waals surface area contributed by atoms with E-state index in [1.165, 1.54) is 0 Å². The monoisotopic (exact) mass is 337 g/mol. The molecule has 2 heterocycles. The predicted octanol–water partition coefficient (Wildman–Crippen LogP) is 2.90. The number of aryl methyl sites for hydroxylation is 1. The van der Waals surface area contributed by atoms with Crippen LogP contribution in [0.25, 0.3) is 11.4 Å².